The van der Waals surface area contributed by atoms with Gasteiger partial charge in [-0.25, -0.2) is 9.97 Å². The maximum absolute atomic E-state index is 11.9. The fourth-order valence-electron chi connectivity index (χ4n) is 2.95. The molecule has 1 atom stereocenters. The van der Waals surface area contributed by atoms with E-state index in [-0.39, 0.29) is 5.69 Å². The van der Waals surface area contributed by atoms with Crippen LogP contribution in [-0.4, -0.2) is 71.2 Å². The molecule has 32 heavy (non-hydrogen) atoms. The van der Waals surface area contributed by atoms with E-state index in [2.05, 4.69) is 27.1 Å². The van der Waals surface area contributed by atoms with Crippen molar-refractivity contribution in [1.29, 1.82) is 0 Å². The smallest absolute Gasteiger partial charge is 0.269 e. The number of nitrogens with one attached hydrogen (secondary N) is 1. The van der Waals surface area contributed by atoms with E-state index in [0.29, 0.717) is 67.7 Å². The van der Waals surface area contributed by atoms with Crippen molar-refractivity contribution in [3.8, 4) is 23.2 Å². The molecule has 0 saturated carbocycles. The average molecular weight is 438 g/mol. The first-order chi connectivity index (χ1) is 15.3. The number of rotatable bonds is 9. The van der Waals surface area contributed by atoms with Crippen molar-refractivity contribution in [1.82, 2.24) is 14.9 Å². The quantitative estimate of drug-likeness (QED) is 0.392. The lowest BCUT2D eigenvalue weighted by Crippen LogP contribution is -2.34. The van der Waals surface area contributed by atoms with Gasteiger partial charge in [0.2, 0.25) is 6.41 Å². The highest BCUT2D eigenvalue weighted by molar-refractivity contribution is 5.96. The minimum Gasteiger partial charge on any atom is -0.381 e. The summed E-state index contributed by atoms with van der Waals surface area (Å²) in [6.07, 6.45) is 2.58. The molecule has 0 aliphatic carbocycles. The molecule has 1 aromatic carbocycles. The third-order valence-corrected chi connectivity index (χ3v) is 5.04. The Kier molecular flexibility index (Phi) is 7.41. The minimum atomic E-state index is -1.25. The highest BCUT2D eigenvalue weighted by Crippen LogP contribution is 2.21. The first-order valence-electron chi connectivity index (χ1n) is 10.3. The van der Waals surface area contributed by atoms with Crippen LogP contribution in [0.4, 0.5) is 5.69 Å². The fraction of sp³-hybridized carbons (Fsp3) is 0.391. The van der Waals surface area contributed by atoms with Gasteiger partial charge in [0.1, 0.15) is 5.60 Å². The number of ether oxygens (including phenoxy) is 1. The van der Waals surface area contributed by atoms with Crippen molar-refractivity contribution in [2.24, 2.45) is 11.7 Å². The van der Waals surface area contributed by atoms with Crippen LogP contribution >= 0.6 is 0 Å². The summed E-state index contributed by atoms with van der Waals surface area (Å²) < 4.78 is 5.15. The number of nitrogens with two attached hydrogens (primary N) is 1. The van der Waals surface area contributed by atoms with Crippen molar-refractivity contribution in [2.75, 3.05) is 38.7 Å². The summed E-state index contributed by atoms with van der Waals surface area (Å²) in [6.45, 7) is 4.02. The Hall–Kier alpha value is -3.48. The van der Waals surface area contributed by atoms with E-state index in [9.17, 15) is 14.7 Å². The molecule has 1 unspecified atom stereocenters. The van der Waals surface area contributed by atoms with Gasteiger partial charge in [0, 0.05) is 43.6 Å². The molecule has 9 heteroatoms. The second-order valence-electron chi connectivity index (χ2n) is 8.05. The van der Waals surface area contributed by atoms with Crippen molar-refractivity contribution in [2.45, 2.75) is 18.9 Å². The summed E-state index contributed by atoms with van der Waals surface area (Å²) >= 11 is 0. The van der Waals surface area contributed by atoms with Gasteiger partial charge >= 0.3 is 0 Å². The molecule has 9 nitrogen and oxygen atoms in total. The summed E-state index contributed by atoms with van der Waals surface area (Å²) in [5.74, 6) is 5.88. The average Bonchev–Trinajstić information content (AvgIpc) is 2.75. The predicted molar refractivity (Wildman–Crippen MR) is 120 cm³/mol. The van der Waals surface area contributed by atoms with Crippen molar-refractivity contribution in [3.05, 3.63) is 41.7 Å². The molecular weight excluding hydrogens is 410 g/mol. The first kappa shape index (κ1) is 23.2. The number of anilines is 1. The molecule has 1 aromatic heterocycles. The molecule has 4 N–H and O–H groups in total. The standard InChI is InChI=1S/C23H27N5O4/c1-23(31,8-9-28(2)15-29)7-6-16-4-3-5-18(10-16)22-26-12-19(20(27-22)21(24)30)25-11-17-13-32-14-17/h3-5,10,12,15,17,25,31H,8-9,11,13-14H2,1-2H3,(H2,24,30). The Labute approximate surface area is 187 Å². The van der Waals surface area contributed by atoms with Crippen LogP contribution in [0.2, 0.25) is 0 Å². The van der Waals surface area contributed by atoms with Gasteiger partial charge in [-0.2, -0.15) is 0 Å². The zero-order chi connectivity index (χ0) is 23.1. The monoisotopic (exact) mass is 437 g/mol. The number of benzene rings is 1. The molecule has 0 bridgehead atoms. The van der Waals surface area contributed by atoms with Gasteiger partial charge in [-0.3, -0.25) is 9.59 Å². The lowest BCUT2D eigenvalue weighted by molar-refractivity contribution is -0.117. The Balaban J connectivity index is 1.77. The Morgan fingerprint density at radius 3 is 2.91 bits per heavy atom. The number of aromatic nitrogens is 2. The van der Waals surface area contributed by atoms with Crippen molar-refractivity contribution in [3.63, 3.8) is 0 Å². The van der Waals surface area contributed by atoms with Crippen LogP contribution in [0.25, 0.3) is 11.4 Å². The van der Waals surface area contributed by atoms with Crippen LogP contribution in [0.3, 0.4) is 0 Å². The molecule has 168 valence electrons. The molecule has 2 aromatic rings. The van der Waals surface area contributed by atoms with Crippen molar-refractivity contribution < 1.29 is 19.4 Å². The van der Waals surface area contributed by atoms with E-state index in [1.54, 1.807) is 44.4 Å². The number of hydrogen-bond donors (Lipinski definition) is 3. The normalized spacial score (nSPS) is 15.0. The zero-order valence-corrected chi connectivity index (χ0v) is 18.2. The van der Waals surface area contributed by atoms with E-state index in [1.165, 1.54) is 4.90 Å². The maximum atomic E-state index is 11.9. The summed E-state index contributed by atoms with van der Waals surface area (Å²) in [5, 5.41) is 13.6. The van der Waals surface area contributed by atoms with Crippen LogP contribution in [0.5, 0.6) is 0 Å². The number of nitrogens with zero attached hydrogens (tertiary/aromatic N) is 3. The summed E-state index contributed by atoms with van der Waals surface area (Å²) in [6, 6.07) is 7.18. The number of aliphatic hydroxyl groups is 1. The SMILES string of the molecule is CN(C=O)CCC(C)(O)C#Cc1cccc(-c2ncc(NCC3COC3)c(C(N)=O)n2)c1. The second-order valence-corrected chi connectivity index (χ2v) is 8.05. The number of amides is 2. The van der Waals surface area contributed by atoms with Crippen LogP contribution in [-0.2, 0) is 9.53 Å². The van der Waals surface area contributed by atoms with Gasteiger partial charge in [-0.15, -0.1) is 0 Å². The molecule has 1 saturated heterocycles. The van der Waals surface area contributed by atoms with Gasteiger partial charge < -0.3 is 25.8 Å². The third-order valence-electron chi connectivity index (χ3n) is 5.04. The van der Waals surface area contributed by atoms with Crippen LogP contribution in [0, 0.1) is 17.8 Å². The number of carbonyl (C=O) groups excluding carboxylic acids is 2. The highest BCUT2D eigenvalue weighted by atomic mass is 16.5. The topological polar surface area (TPSA) is 131 Å². The van der Waals surface area contributed by atoms with Gasteiger partial charge in [0.15, 0.2) is 11.5 Å². The van der Waals surface area contributed by atoms with E-state index in [4.69, 9.17) is 10.5 Å². The van der Waals surface area contributed by atoms with E-state index in [0.717, 1.165) is 0 Å². The maximum Gasteiger partial charge on any atom is 0.269 e. The van der Waals surface area contributed by atoms with Crippen LogP contribution in [0.15, 0.2) is 30.5 Å². The molecule has 1 aliphatic heterocycles. The van der Waals surface area contributed by atoms with Gasteiger partial charge in [-0.05, 0) is 19.1 Å². The lowest BCUT2D eigenvalue weighted by Gasteiger charge is -2.26. The van der Waals surface area contributed by atoms with Gasteiger partial charge in [-0.1, -0.05) is 24.0 Å². The summed E-state index contributed by atoms with van der Waals surface area (Å²) in [7, 11) is 1.64. The Bertz CT molecular complexity index is 1040. The minimum absolute atomic E-state index is 0.119. The fourth-order valence-corrected chi connectivity index (χ4v) is 2.95. The molecule has 3 rings (SSSR count). The Morgan fingerprint density at radius 1 is 1.47 bits per heavy atom. The number of carbonyl (C=O) groups is 2. The molecular formula is C23H27N5O4. The molecule has 1 fully saturated rings. The summed E-state index contributed by atoms with van der Waals surface area (Å²) in [4.78, 5) is 32.8. The molecule has 2 amide bonds. The van der Waals surface area contributed by atoms with E-state index < -0.39 is 11.5 Å². The number of hydrogen-bond acceptors (Lipinski definition) is 7. The van der Waals surface area contributed by atoms with E-state index >= 15 is 0 Å². The van der Waals surface area contributed by atoms with Crippen molar-refractivity contribution >= 4 is 18.0 Å². The zero-order valence-electron chi connectivity index (χ0n) is 18.2. The number of primary amides is 1. The lowest BCUT2D eigenvalue weighted by atomic mass is 10.0. The molecule has 2 heterocycles. The summed E-state index contributed by atoms with van der Waals surface area (Å²) in [5.41, 5.74) is 6.21. The molecule has 0 radical (unpaired) electrons. The Morgan fingerprint density at radius 2 is 2.25 bits per heavy atom. The molecule has 0 spiro atoms. The molecule has 1 aliphatic rings. The third kappa shape index (κ3) is 6.26. The first-order valence-corrected chi connectivity index (χ1v) is 10.3. The van der Waals surface area contributed by atoms with Gasteiger partial charge in [0.05, 0.1) is 25.1 Å². The van der Waals surface area contributed by atoms with Crippen LogP contribution in [0.1, 0.15) is 29.4 Å². The second kappa shape index (κ2) is 10.2. The van der Waals surface area contributed by atoms with Gasteiger partial charge in [0.25, 0.3) is 5.91 Å². The highest BCUT2D eigenvalue weighted by Gasteiger charge is 2.20. The predicted octanol–water partition coefficient (Wildman–Crippen LogP) is 0.882. The largest absolute Gasteiger partial charge is 0.381 e. The van der Waals surface area contributed by atoms with Crippen LogP contribution < -0.4 is 11.1 Å². The van der Waals surface area contributed by atoms with E-state index in [1.807, 2.05) is 0 Å².